The third-order valence-corrected chi connectivity index (χ3v) is 17.8. The number of para-hydroxylation sites is 2. The van der Waals surface area contributed by atoms with Crippen LogP contribution in [-0.4, -0.2) is 13.7 Å². The van der Waals surface area contributed by atoms with E-state index in [-0.39, 0.29) is 0 Å². The number of fused-ring (bicyclic) bond motifs is 11. The average molecular weight is 1060 g/mol. The Morgan fingerprint density at radius 3 is 0.783 bits per heavy atom. The van der Waals surface area contributed by atoms with E-state index >= 15 is 0 Å². The molecule has 0 N–H and O–H groups in total. The summed E-state index contributed by atoms with van der Waals surface area (Å²) >= 11 is 0. The summed E-state index contributed by atoms with van der Waals surface area (Å²) in [6.45, 7) is 9.14. The predicted molar refractivity (Wildman–Crippen MR) is 354 cm³/mol. The van der Waals surface area contributed by atoms with Crippen molar-refractivity contribution < 1.29 is 0 Å². The van der Waals surface area contributed by atoms with Gasteiger partial charge in [0.1, 0.15) is 0 Å². The molecule has 0 aliphatic rings. The van der Waals surface area contributed by atoms with Gasteiger partial charge in [-0.3, -0.25) is 0 Å². The molecule has 0 amide bonds. The summed E-state index contributed by atoms with van der Waals surface area (Å²) in [6.07, 6.45) is 0. The van der Waals surface area contributed by atoms with Crippen LogP contribution >= 0.6 is 0 Å². The SMILES string of the molecule is CC(C)c1ccc2c(c1)c1cc(-c3ccc4c(c3)c3cc(-c5ccc6c(c5)c5cc(C(C)C)ccc5n6-c5ccccc5)ccc3n4-c3ccc(-c4c5ccccc5c(-c5ccccc5)c5ccccc45)cc3)ccc1n2-c1ccccc1. The van der Waals surface area contributed by atoms with Crippen molar-refractivity contribution in [2.24, 2.45) is 0 Å². The van der Waals surface area contributed by atoms with Gasteiger partial charge >= 0.3 is 0 Å². The molecule has 83 heavy (non-hydrogen) atoms. The van der Waals surface area contributed by atoms with Gasteiger partial charge in [0, 0.05) is 49.4 Å². The summed E-state index contributed by atoms with van der Waals surface area (Å²) in [5.74, 6) is 0.832. The topological polar surface area (TPSA) is 14.8 Å². The normalized spacial score (nSPS) is 12.1. The van der Waals surface area contributed by atoms with E-state index < -0.39 is 0 Å². The third kappa shape index (κ3) is 7.79. The van der Waals surface area contributed by atoms with Crippen LogP contribution in [0, 0.1) is 0 Å². The largest absolute Gasteiger partial charge is 0.309 e. The molecule has 3 heteroatoms. The number of rotatable bonds is 9. The first kappa shape index (κ1) is 48.7. The summed E-state index contributed by atoms with van der Waals surface area (Å²) in [5.41, 5.74) is 23.1. The Bertz CT molecular complexity index is 4950. The van der Waals surface area contributed by atoms with Gasteiger partial charge in [0.2, 0.25) is 0 Å². The first-order valence-electron chi connectivity index (χ1n) is 29.3. The molecule has 394 valence electrons. The van der Waals surface area contributed by atoms with Crippen LogP contribution in [0.15, 0.2) is 273 Å². The maximum absolute atomic E-state index is 2.48. The highest BCUT2D eigenvalue weighted by Gasteiger charge is 2.22. The quantitative estimate of drug-likeness (QED) is 0.128. The molecule has 0 saturated heterocycles. The smallest absolute Gasteiger partial charge is 0.0541 e. The van der Waals surface area contributed by atoms with Gasteiger partial charge < -0.3 is 13.7 Å². The lowest BCUT2D eigenvalue weighted by atomic mass is 9.86. The van der Waals surface area contributed by atoms with Gasteiger partial charge in [0.05, 0.1) is 33.1 Å². The summed E-state index contributed by atoms with van der Waals surface area (Å²) < 4.78 is 7.32. The van der Waals surface area contributed by atoms with Crippen LogP contribution in [0.5, 0.6) is 0 Å². The fourth-order valence-corrected chi connectivity index (χ4v) is 13.7. The Morgan fingerprint density at radius 2 is 0.458 bits per heavy atom. The lowest BCUT2D eigenvalue weighted by molar-refractivity contribution is 0.868. The van der Waals surface area contributed by atoms with Crippen LogP contribution in [-0.2, 0) is 0 Å². The molecular formula is C80H59N3. The van der Waals surface area contributed by atoms with E-state index in [1.807, 2.05) is 0 Å². The summed E-state index contributed by atoms with van der Waals surface area (Å²) in [7, 11) is 0. The van der Waals surface area contributed by atoms with Crippen molar-refractivity contribution in [3.8, 4) is 61.6 Å². The van der Waals surface area contributed by atoms with Crippen LogP contribution in [0.3, 0.4) is 0 Å². The summed E-state index contributed by atoms with van der Waals surface area (Å²) in [4.78, 5) is 0. The number of aromatic nitrogens is 3. The fourth-order valence-electron chi connectivity index (χ4n) is 13.7. The van der Waals surface area contributed by atoms with Crippen molar-refractivity contribution in [3.63, 3.8) is 0 Å². The molecule has 13 aromatic carbocycles. The van der Waals surface area contributed by atoms with Crippen molar-refractivity contribution >= 4 is 87.0 Å². The van der Waals surface area contributed by atoms with Gasteiger partial charge in [-0.05, 0) is 198 Å². The number of nitrogens with zero attached hydrogens (tertiary/aromatic N) is 3. The Balaban J connectivity index is 0.891. The highest BCUT2D eigenvalue weighted by Crippen LogP contribution is 2.46. The lowest BCUT2D eigenvalue weighted by Crippen LogP contribution is -1.95. The molecule has 16 aromatic rings. The second-order valence-electron chi connectivity index (χ2n) is 23.2. The van der Waals surface area contributed by atoms with Crippen LogP contribution in [0.1, 0.15) is 50.7 Å². The van der Waals surface area contributed by atoms with E-state index in [9.17, 15) is 0 Å². The lowest BCUT2D eigenvalue weighted by Gasteiger charge is -2.18. The van der Waals surface area contributed by atoms with Crippen LogP contribution in [0.25, 0.3) is 149 Å². The summed E-state index contributed by atoms with van der Waals surface area (Å²) in [6, 6.07) is 102. The van der Waals surface area contributed by atoms with Crippen molar-refractivity contribution in [3.05, 3.63) is 284 Å². The number of hydrogen-bond acceptors (Lipinski definition) is 0. The summed E-state index contributed by atoms with van der Waals surface area (Å²) in [5, 5.41) is 12.5. The Hall–Kier alpha value is -10.2. The van der Waals surface area contributed by atoms with Crippen LogP contribution in [0.2, 0.25) is 0 Å². The van der Waals surface area contributed by atoms with E-state index in [1.54, 1.807) is 0 Å². The zero-order chi connectivity index (χ0) is 55.4. The maximum atomic E-state index is 2.48. The monoisotopic (exact) mass is 1060 g/mol. The Kier molecular flexibility index (Phi) is 11.3. The molecule has 0 saturated carbocycles. The third-order valence-electron chi connectivity index (χ3n) is 17.8. The first-order chi connectivity index (χ1) is 40.8. The van der Waals surface area contributed by atoms with E-state index in [1.165, 1.54) is 154 Å². The van der Waals surface area contributed by atoms with Crippen LogP contribution < -0.4 is 0 Å². The van der Waals surface area contributed by atoms with Crippen molar-refractivity contribution in [2.75, 3.05) is 0 Å². The molecule has 0 radical (unpaired) electrons. The number of benzene rings is 13. The second-order valence-corrected chi connectivity index (χ2v) is 23.2. The molecule has 3 nitrogen and oxygen atoms in total. The maximum Gasteiger partial charge on any atom is 0.0541 e. The van der Waals surface area contributed by atoms with Crippen molar-refractivity contribution in [1.82, 2.24) is 13.7 Å². The van der Waals surface area contributed by atoms with Gasteiger partial charge in [-0.25, -0.2) is 0 Å². The predicted octanol–water partition coefficient (Wildman–Crippen LogP) is 22.2. The first-order valence-corrected chi connectivity index (χ1v) is 29.3. The minimum absolute atomic E-state index is 0.416. The molecule has 3 aromatic heterocycles. The minimum atomic E-state index is 0.416. The van der Waals surface area contributed by atoms with E-state index in [0.29, 0.717) is 11.8 Å². The Morgan fingerprint density at radius 1 is 0.205 bits per heavy atom. The fraction of sp³-hybridized carbons (Fsp3) is 0.0750. The zero-order valence-corrected chi connectivity index (χ0v) is 47.0. The highest BCUT2D eigenvalue weighted by atomic mass is 15.0. The molecule has 0 spiro atoms. The van der Waals surface area contributed by atoms with Gasteiger partial charge in [-0.1, -0.05) is 191 Å². The van der Waals surface area contributed by atoms with E-state index in [2.05, 4.69) is 314 Å². The van der Waals surface area contributed by atoms with E-state index in [0.717, 1.165) is 5.69 Å². The molecular weight excluding hydrogens is 1000 g/mol. The molecule has 0 unspecified atom stereocenters. The van der Waals surface area contributed by atoms with E-state index in [4.69, 9.17) is 0 Å². The molecule has 0 aliphatic carbocycles. The second kappa shape index (κ2) is 19.2. The van der Waals surface area contributed by atoms with Gasteiger partial charge in [0.25, 0.3) is 0 Å². The van der Waals surface area contributed by atoms with Gasteiger partial charge in [-0.2, -0.15) is 0 Å². The number of hydrogen-bond donors (Lipinski definition) is 0. The molecule has 0 fully saturated rings. The minimum Gasteiger partial charge on any atom is -0.309 e. The molecule has 0 aliphatic heterocycles. The van der Waals surface area contributed by atoms with Gasteiger partial charge in [-0.15, -0.1) is 0 Å². The van der Waals surface area contributed by atoms with Crippen molar-refractivity contribution in [2.45, 2.75) is 39.5 Å². The Labute approximate surface area is 483 Å². The highest BCUT2D eigenvalue weighted by molar-refractivity contribution is 6.22. The molecule has 3 heterocycles. The van der Waals surface area contributed by atoms with Gasteiger partial charge in [0.15, 0.2) is 0 Å². The zero-order valence-electron chi connectivity index (χ0n) is 47.0. The standard InChI is InChI=1S/C80H59N3/c1-50(2)54-30-38-73-67(44-54)69-46-56(32-40-75(69)81(73)60-20-10-6-11-21-60)58-34-42-77-71(48-58)72-49-59(57-33-41-76-70(47-57)68-45-55(51(3)4)31-39-74(68)82(76)61-22-12-7-13-23-61)35-43-78(72)83(77)62-36-28-53(29-37-62)80-65-26-16-14-24-63(65)79(52-18-8-5-9-19-52)64-25-15-17-27-66(64)80/h5-51H,1-4H3. The van der Waals surface area contributed by atoms with Crippen molar-refractivity contribution in [1.29, 1.82) is 0 Å². The average Bonchev–Trinajstić information content (AvgIpc) is 3.73. The van der Waals surface area contributed by atoms with Crippen LogP contribution in [0.4, 0.5) is 0 Å². The molecule has 0 atom stereocenters. The molecule has 0 bridgehead atoms. The molecule has 16 rings (SSSR count).